The molecule has 0 aromatic rings. The Kier molecular flexibility index (Phi) is 2.94. The highest BCUT2D eigenvalue weighted by Gasteiger charge is 2.60. The largest absolute Gasteiger partial charge is 0.300 e. The van der Waals surface area contributed by atoms with Crippen molar-refractivity contribution in [2.75, 3.05) is 0 Å². The van der Waals surface area contributed by atoms with Gasteiger partial charge in [-0.3, -0.25) is 9.59 Å². The van der Waals surface area contributed by atoms with Crippen molar-refractivity contribution in [3.8, 4) is 0 Å². The summed E-state index contributed by atoms with van der Waals surface area (Å²) in [6.07, 6.45) is 9.55. The minimum atomic E-state index is -0.0248. The Bertz CT molecular complexity index is 496. The number of carbonyl (C=O) groups is 2. The molecule has 0 radical (unpaired) electrons. The zero-order chi connectivity index (χ0) is 14.8. The molecule has 0 aliphatic heterocycles. The van der Waals surface area contributed by atoms with Crippen molar-refractivity contribution in [1.82, 2.24) is 0 Å². The lowest BCUT2D eigenvalue weighted by molar-refractivity contribution is -0.146. The van der Waals surface area contributed by atoms with Crippen molar-refractivity contribution in [2.45, 2.75) is 71.6 Å². The Morgan fingerprint density at radius 2 is 1.71 bits per heavy atom. The van der Waals surface area contributed by atoms with Gasteiger partial charge in [0, 0.05) is 24.7 Å². The van der Waals surface area contributed by atoms with Gasteiger partial charge in [-0.2, -0.15) is 0 Å². The number of rotatable bonds is 0. The second-order valence-electron chi connectivity index (χ2n) is 8.83. The van der Waals surface area contributed by atoms with Crippen molar-refractivity contribution >= 4 is 11.6 Å². The highest BCUT2D eigenvalue weighted by molar-refractivity contribution is 5.87. The zero-order valence-corrected chi connectivity index (χ0v) is 13.5. The number of hydrogen-bond acceptors (Lipinski definition) is 2. The first-order valence-corrected chi connectivity index (χ1v) is 9.00. The average molecular weight is 288 g/mol. The highest BCUT2D eigenvalue weighted by Crippen LogP contribution is 2.65. The van der Waals surface area contributed by atoms with Crippen molar-refractivity contribution in [1.29, 1.82) is 0 Å². The molecule has 0 spiro atoms. The van der Waals surface area contributed by atoms with Crippen LogP contribution >= 0.6 is 0 Å². The number of carbonyl (C=O) groups excluding carboxylic acids is 2. The van der Waals surface area contributed by atoms with E-state index in [0.717, 1.165) is 44.4 Å². The fourth-order valence-corrected chi connectivity index (χ4v) is 6.90. The molecule has 4 fully saturated rings. The van der Waals surface area contributed by atoms with Gasteiger partial charge < -0.3 is 0 Å². The van der Waals surface area contributed by atoms with Gasteiger partial charge in [-0.25, -0.2) is 0 Å². The van der Waals surface area contributed by atoms with Gasteiger partial charge in [-0.15, -0.1) is 0 Å². The van der Waals surface area contributed by atoms with Crippen LogP contribution in [0.4, 0.5) is 0 Å². The standard InChI is InChI=1S/C19H28O2/c1-18-10-9-16-14(15(18)7-8-17(18)21)6-4-12-3-5-13(20)11-19(12,16)2/h12,14-16H,3-11H2,1-2H3. The van der Waals surface area contributed by atoms with Gasteiger partial charge in [0.15, 0.2) is 0 Å². The molecule has 0 amide bonds. The van der Waals surface area contributed by atoms with Crippen molar-refractivity contribution in [3.05, 3.63) is 0 Å². The van der Waals surface area contributed by atoms with Crippen LogP contribution in [0.3, 0.4) is 0 Å². The normalized spacial score (nSPS) is 53.0. The third-order valence-electron chi connectivity index (χ3n) is 8.12. The summed E-state index contributed by atoms with van der Waals surface area (Å²) in [7, 11) is 0. The lowest BCUT2D eigenvalue weighted by Crippen LogP contribution is -2.53. The van der Waals surface area contributed by atoms with E-state index in [1.165, 1.54) is 19.3 Å². The highest BCUT2D eigenvalue weighted by atomic mass is 16.1. The fourth-order valence-electron chi connectivity index (χ4n) is 6.90. The smallest absolute Gasteiger partial charge is 0.139 e. The van der Waals surface area contributed by atoms with E-state index < -0.39 is 0 Å². The van der Waals surface area contributed by atoms with E-state index in [4.69, 9.17) is 0 Å². The molecular weight excluding hydrogens is 260 g/mol. The minimum absolute atomic E-state index is 0.0248. The first kappa shape index (κ1) is 14.0. The van der Waals surface area contributed by atoms with Crippen LogP contribution in [0.1, 0.15) is 71.6 Å². The molecule has 116 valence electrons. The lowest BCUT2D eigenvalue weighted by atomic mass is 9.45. The van der Waals surface area contributed by atoms with E-state index in [2.05, 4.69) is 13.8 Å². The maximum absolute atomic E-state index is 12.4. The summed E-state index contributed by atoms with van der Waals surface area (Å²) in [5.74, 6) is 3.80. The molecule has 4 aliphatic rings. The molecule has 2 nitrogen and oxygen atoms in total. The van der Waals surface area contributed by atoms with Crippen LogP contribution in [0, 0.1) is 34.5 Å². The van der Waals surface area contributed by atoms with Crippen LogP contribution in [0.2, 0.25) is 0 Å². The Morgan fingerprint density at radius 3 is 2.52 bits per heavy atom. The van der Waals surface area contributed by atoms with E-state index in [1.807, 2.05) is 0 Å². The van der Waals surface area contributed by atoms with Gasteiger partial charge in [0.1, 0.15) is 11.6 Å². The van der Waals surface area contributed by atoms with Crippen LogP contribution < -0.4 is 0 Å². The predicted octanol–water partition coefficient (Wildman–Crippen LogP) is 4.17. The number of Topliss-reactive ketones (excluding diaryl/α,β-unsaturated/α-hetero) is 2. The molecule has 21 heavy (non-hydrogen) atoms. The SMILES string of the molecule is CC12CCC3C(CCC4CCC(=O)CC43C)C1CCC2=O. The summed E-state index contributed by atoms with van der Waals surface area (Å²) in [6.45, 7) is 4.65. The summed E-state index contributed by atoms with van der Waals surface area (Å²) in [4.78, 5) is 24.5. The van der Waals surface area contributed by atoms with Crippen LogP contribution in [-0.2, 0) is 9.59 Å². The molecule has 6 atom stereocenters. The van der Waals surface area contributed by atoms with Crippen LogP contribution in [-0.4, -0.2) is 11.6 Å². The van der Waals surface area contributed by atoms with Crippen molar-refractivity contribution in [2.24, 2.45) is 34.5 Å². The monoisotopic (exact) mass is 288 g/mol. The second-order valence-corrected chi connectivity index (χ2v) is 8.83. The van der Waals surface area contributed by atoms with E-state index in [9.17, 15) is 9.59 Å². The fraction of sp³-hybridized carbons (Fsp3) is 0.895. The summed E-state index contributed by atoms with van der Waals surface area (Å²) >= 11 is 0. The number of hydrogen-bond donors (Lipinski definition) is 0. The topological polar surface area (TPSA) is 34.1 Å². The maximum atomic E-state index is 12.4. The van der Waals surface area contributed by atoms with E-state index in [-0.39, 0.29) is 10.8 Å². The Hall–Kier alpha value is -0.660. The molecule has 0 N–H and O–H groups in total. The van der Waals surface area contributed by atoms with Crippen LogP contribution in [0.5, 0.6) is 0 Å². The first-order chi connectivity index (χ1) is 9.95. The molecule has 4 aliphatic carbocycles. The summed E-state index contributed by atoms with van der Waals surface area (Å²) in [5, 5.41) is 0. The minimum Gasteiger partial charge on any atom is -0.300 e. The Labute approximate surface area is 128 Å². The lowest BCUT2D eigenvalue weighted by Gasteiger charge is -2.59. The second kappa shape index (κ2) is 4.43. The molecule has 0 aromatic heterocycles. The molecule has 2 heteroatoms. The van der Waals surface area contributed by atoms with Crippen LogP contribution in [0.15, 0.2) is 0 Å². The predicted molar refractivity (Wildman–Crippen MR) is 81.7 cm³/mol. The summed E-state index contributed by atoms with van der Waals surface area (Å²) in [6, 6.07) is 0. The zero-order valence-electron chi connectivity index (χ0n) is 13.5. The Balaban J connectivity index is 1.67. The van der Waals surface area contributed by atoms with Crippen LogP contribution in [0.25, 0.3) is 0 Å². The molecule has 4 rings (SSSR count). The molecular formula is C19H28O2. The quantitative estimate of drug-likeness (QED) is 0.670. The van der Waals surface area contributed by atoms with Crippen molar-refractivity contribution < 1.29 is 9.59 Å². The molecule has 6 unspecified atom stereocenters. The molecule has 0 heterocycles. The van der Waals surface area contributed by atoms with Gasteiger partial charge in [-0.05, 0) is 67.6 Å². The van der Waals surface area contributed by atoms with E-state index in [0.29, 0.717) is 29.3 Å². The number of fused-ring (bicyclic) bond motifs is 5. The third kappa shape index (κ3) is 1.77. The van der Waals surface area contributed by atoms with Gasteiger partial charge in [0.05, 0.1) is 0 Å². The number of ketones is 2. The van der Waals surface area contributed by atoms with Crippen molar-refractivity contribution in [3.63, 3.8) is 0 Å². The maximum Gasteiger partial charge on any atom is 0.139 e. The summed E-state index contributed by atoms with van der Waals surface area (Å²) < 4.78 is 0. The van der Waals surface area contributed by atoms with Gasteiger partial charge in [0.2, 0.25) is 0 Å². The van der Waals surface area contributed by atoms with Gasteiger partial charge >= 0.3 is 0 Å². The van der Waals surface area contributed by atoms with Gasteiger partial charge in [-0.1, -0.05) is 13.8 Å². The Morgan fingerprint density at radius 1 is 0.905 bits per heavy atom. The first-order valence-electron chi connectivity index (χ1n) is 9.00. The third-order valence-corrected chi connectivity index (χ3v) is 8.12. The van der Waals surface area contributed by atoms with E-state index in [1.54, 1.807) is 0 Å². The molecule has 4 saturated carbocycles. The average Bonchev–Trinajstić information content (AvgIpc) is 2.74. The molecule has 0 aromatic carbocycles. The van der Waals surface area contributed by atoms with Gasteiger partial charge in [0.25, 0.3) is 0 Å². The molecule has 0 saturated heterocycles. The molecule has 0 bridgehead atoms. The van der Waals surface area contributed by atoms with E-state index >= 15 is 0 Å². The summed E-state index contributed by atoms with van der Waals surface area (Å²) in [5.41, 5.74) is 0.217.